The van der Waals surface area contributed by atoms with Gasteiger partial charge in [0.15, 0.2) is 14.6 Å². The number of carbonyl (C=O) groups is 1. The van der Waals surface area contributed by atoms with Crippen LogP contribution in [0.15, 0.2) is 24.3 Å². The molecule has 0 saturated carbocycles. The second-order valence-electron chi connectivity index (χ2n) is 6.51. The van der Waals surface area contributed by atoms with Crippen molar-refractivity contribution in [3.63, 3.8) is 0 Å². The summed E-state index contributed by atoms with van der Waals surface area (Å²) in [7, 11) is -3.48. The lowest BCUT2D eigenvalue weighted by molar-refractivity contribution is -0.124. The molecule has 2 N–H and O–H groups in total. The molecule has 1 saturated heterocycles. The fraction of sp³-hybridized carbons (Fsp3) is 0.588. The molecule has 1 aromatic rings. The molecule has 2 rings (SSSR count). The molecule has 7 heteroatoms. The van der Waals surface area contributed by atoms with E-state index in [1.807, 2.05) is 38.1 Å². The molecule has 0 radical (unpaired) electrons. The Balaban J connectivity index is 2.03. The fourth-order valence-corrected chi connectivity index (χ4v) is 4.25. The molecule has 0 unspecified atom stereocenters. The van der Waals surface area contributed by atoms with Gasteiger partial charge in [-0.2, -0.15) is 0 Å². The molecule has 1 heterocycles. The van der Waals surface area contributed by atoms with Crippen LogP contribution >= 0.6 is 0 Å². The number of rotatable bonds is 6. The molecule has 1 aliphatic rings. The highest BCUT2D eigenvalue weighted by molar-refractivity contribution is 7.92. The quantitative estimate of drug-likeness (QED) is 0.803. The SMILES string of the molecule is CC(C)Oc1ccc(CNC(=O)C2(S(C)(=O)=O)CCNCC2)cc1. The van der Waals surface area contributed by atoms with Crippen LogP contribution in [0.2, 0.25) is 0 Å². The first-order valence-electron chi connectivity index (χ1n) is 8.19. The van der Waals surface area contributed by atoms with Crippen LogP contribution in [-0.4, -0.2) is 44.5 Å². The van der Waals surface area contributed by atoms with Crippen LogP contribution in [-0.2, 0) is 21.2 Å². The van der Waals surface area contributed by atoms with E-state index in [2.05, 4.69) is 10.6 Å². The lowest BCUT2D eigenvalue weighted by atomic mass is 9.95. The minimum atomic E-state index is -3.48. The van der Waals surface area contributed by atoms with Gasteiger partial charge in [0, 0.05) is 12.8 Å². The number of sulfone groups is 1. The predicted octanol–water partition coefficient (Wildman–Crippen LogP) is 1.26. The molecule has 1 fully saturated rings. The van der Waals surface area contributed by atoms with Gasteiger partial charge in [0.1, 0.15) is 5.75 Å². The molecule has 0 bridgehead atoms. The largest absolute Gasteiger partial charge is 0.491 e. The molecule has 134 valence electrons. The zero-order valence-electron chi connectivity index (χ0n) is 14.5. The van der Waals surface area contributed by atoms with E-state index in [1.54, 1.807) is 0 Å². The van der Waals surface area contributed by atoms with E-state index in [4.69, 9.17) is 4.74 Å². The molecule has 0 spiro atoms. The van der Waals surface area contributed by atoms with Crippen molar-refractivity contribution >= 4 is 15.7 Å². The van der Waals surface area contributed by atoms with Crippen molar-refractivity contribution in [2.45, 2.75) is 44.1 Å². The standard InChI is InChI=1S/C17H26N2O4S/c1-13(2)23-15-6-4-14(5-7-15)12-19-16(20)17(24(3,21)22)8-10-18-11-9-17/h4-7,13,18H,8-12H2,1-3H3,(H,19,20). The highest BCUT2D eigenvalue weighted by Crippen LogP contribution is 2.28. The number of carbonyl (C=O) groups excluding carboxylic acids is 1. The van der Waals surface area contributed by atoms with Crippen LogP contribution in [0.5, 0.6) is 5.75 Å². The number of amides is 1. The van der Waals surface area contributed by atoms with E-state index in [0.29, 0.717) is 32.5 Å². The van der Waals surface area contributed by atoms with Crippen molar-refractivity contribution in [1.29, 1.82) is 0 Å². The van der Waals surface area contributed by atoms with Crippen LogP contribution < -0.4 is 15.4 Å². The summed E-state index contributed by atoms with van der Waals surface area (Å²) < 4.78 is 28.7. The molecular weight excluding hydrogens is 328 g/mol. The third-order valence-corrected chi connectivity index (χ3v) is 6.30. The Morgan fingerprint density at radius 3 is 2.33 bits per heavy atom. The molecule has 0 aliphatic carbocycles. The van der Waals surface area contributed by atoms with Gasteiger partial charge >= 0.3 is 0 Å². The first-order valence-corrected chi connectivity index (χ1v) is 10.1. The summed E-state index contributed by atoms with van der Waals surface area (Å²) in [5.74, 6) is 0.361. The third-order valence-electron chi connectivity index (χ3n) is 4.28. The molecule has 1 aromatic carbocycles. The van der Waals surface area contributed by atoms with E-state index in [0.717, 1.165) is 17.6 Å². The van der Waals surface area contributed by atoms with Crippen molar-refractivity contribution in [3.05, 3.63) is 29.8 Å². The van der Waals surface area contributed by atoms with Crippen LogP contribution in [0.25, 0.3) is 0 Å². The fourth-order valence-electron chi connectivity index (χ4n) is 2.90. The Morgan fingerprint density at radius 1 is 1.25 bits per heavy atom. The van der Waals surface area contributed by atoms with Gasteiger partial charge in [-0.3, -0.25) is 4.79 Å². The van der Waals surface area contributed by atoms with Crippen molar-refractivity contribution < 1.29 is 17.9 Å². The van der Waals surface area contributed by atoms with Crippen LogP contribution in [0, 0.1) is 0 Å². The molecule has 1 amide bonds. The Bertz CT molecular complexity index is 662. The maximum atomic E-state index is 12.6. The zero-order chi connectivity index (χ0) is 17.8. The number of ether oxygens (including phenoxy) is 1. The first kappa shape index (κ1) is 18.7. The first-order chi connectivity index (χ1) is 11.2. The van der Waals surface area contributed by atoms with Crippen molar-refractivity contribution in [1.82, 2.24) is 10.6 Å². The van der Waals surface area contributed by atoms with Gasteiger partial charge in [-0.25, -0.2) is 8.42 Å². The number of hydrogen-bond donors (Lipinski definition) is 2. The van der Waals surface area contributed by atoms with Gasteiger partial charge in [-0.1, -0.05) is 12.1 Å². The highest BCUT2D eigenvalue weighted by Gasteiger charge is 2.48. The summed E-state index contributed by atoms with van der Waals surface area (Å²) in [5.41, 5.74) is 0.900. The van der Waals surface area contributed by atoms with Gasteiger partial charge in [-0.15, -0.1) is 0 Å². The normalized spacial score (nSPS) is 17.5. The summed E-state index contributed by atoms with van der Waals surface area (Å²) in [6, 6.07) is 7.43. The lowest BCUT2D eigenvalue weighted by Crippen LogP contribution is -2.57. The van der Waals surface area contributed by atoms with Gasteiger partial charge in [0.05, 0.1) is 6.10 Å². The summed E-state index contributed by atoms with van der Waals surface area (Å²) in [6.07, 6.45) is 1.86. The molecular formula is C17H26N2O4S. The van der Waals surface area contributed by atoms with Crippen LogP contribution in [0.4, 0.5) is 0 Å². The predicted molar refractivity (Wildman–Crippen MR) is 93.7 cm³/mol. The van der Waals surface area contributed by atoms with E-state index in [9.17, 15) is 13.2 Å². The van der Waals surface area contributed by atoms with Crippen LogP contribution in [0.3, 0.4) is 0 Å². The topological polar surface area (TPSA) is 84.5 Å². The summed E-state index contributed by atoms with van der Waals surface area (Å²) >= 11 is 0. The molecule has 24 heavy (non-hydrogen) atoms. The molecule has 0 atom stereocenters. The number of hydrogen-bond acceptors (Lipinski definition) is 5. The summed E-state index contributed by atoms with van der Waals surface area (Å²) in [6.45, 7) is 5.27. The third kappa shape index (κ3) is 4.27. The number of piperidine rings is 1. The zero-order valence-corrected chi connectivity index (χ0v) is 15.3. The Hall–Kier alpha value is -1.60. The van der Waals surface area contributed by atoms with Crippen LogP contribution in [0.1, 0.15) is 32.3 Å². The van der Waals surface area contributed by atoms with Crippen molar-refractivity contribution in [3.8, 4) is 5.75 Å². The number of nitrogens with one attached hydrogen (secondary N) is 2. The smallest absolute Gasteiger partial charge is 0.241 e. The second-order valence-corrected chi connectivity index (χ2v) is 8.84. The average Bonchev–Trinajstić information content (AvgIpc) is 2.53. The van der Waals surface area contributed by atoms with Gasteiger partial charge in [-0.05, 0) is 57.5 Å². The monoisotopic (exact) mass is 354 g/mol. The summed E-state index contributed by atoms with van der Waals surface area (Å²) in [5, 5.41) is 5.89. The number of benzene rings is 1. The maximum Gasteiger partial charge on any atom is 0.241 e. The Labute approximate surface area is 143 Å². The van der Waals surface area contributed by atoms with E-state index < -0.39 is 20.5 Å². The van der Waals surface area contributed by atoms with E-state index in [1.165, 1.54) is 0 Å². The maximum absolute atomic E-state index is 12.6. The Kier molecular flexibility index (Phi) is 5.87. The van der Waals surface area contributed by atoms with Crippen molar-refractivity contribution in [2.75, 3.05) is 19.3 Å². The minimum absolute atomic E-state index is 0.102. The molecule has 0 aromatic heterocycles. The average molecular weight is 354 g/mol. The summed E-state index contributed by atoms with van der Waals surface area (Å²) in [4.78, 5) is 12.6. The molecule has 6 nitrogen and oxygen atoms in total. The minimum Gasteiger partial charge on any atom is -0.491 e. The lowest BCUT2D eigenvalue weighted by Gasteiger charge is -2.34. The van der Waals surface area contributed by atoms with Gasteiger partial charge in [0.2, 0.25) is 5.91 Å². The molecule has 1 aliphatic heterocycles. The van der Waals surface area contributed by atoms with Crippen molar-refractivity contribution in [2.24, 2.45) is 0 Å². The van der Waals surface area contributed by atoms with E-state index in [-0.39, 0.29) is 6.10 Å². The van der Waals surface area contributed by atoms with Gasteiger partial charge < -0.3 is 15.4 Å². The van der Waals surface area contributed by atoms with E-state index >= 15 is 0 Å². The van der Waals surface area contributed by atoms with Gasteiger partial charge in [0.25, 0.3) is 0 Å². The highest BCUT2D eigenvalue weighted by atomic mass is 32.2. The Morgan fingerprint density at radius 2 is 1.83 bits per heavy atom. The second kappa shape index (κ2) is 7.53.